The van der Waals surface area contributed by atoms with Gasteiger partial charge < -0.3 is 10.1 Å². The molecule has 0 aliphatic carbocycles. The van der Waals surface area contributed by atoms with Crippen molar-refractivity contribution in [1.82, 2.24) is 4.98 Å². The highest BCUT2D eigenvalue weighted by Gasteiger charge is 2.08. The summed E-state index contributed by atoms with van der Waals surface area (Å²) in [6, 6.07) is 15.2. The van der Waals surface area contributed by atoms with Crippen LogP contribution in [0.15, 0.2) is 60.0 Å². The van der Waals surface area contributed by atoms with Crippen LogP contribution in [-0.4, -0.2) is 17.5 Å². The zero-order valence-electron chi connectivity index (χ0n) is 12.0. The molecule has 1 amide bonds. The van der Waals surface area contributed by atoms with E-state index in [1.165, 1.54) is 23.5 Å². The first kappa shape index (κ1) is 15.2. The van der Waals surface area contributed by atoms with Gasteiger partial charge in [0, 0.05) is 16.6 Å². The molecule has 0 fully saturated rings. The minimum absolute atomic E-state index is 0.120. The number of rotatable bonds is 5. The first-order chi connectivity index (χ1) is 11.2. The van der Waals surface area contributed by atoms with Gasteiger partial charge in [-0.25, -0.2) is 9.37 Å². The van der Waals surface area contributed by atoms with Gasteiger partial charge in [0.25, 0.3) is 11.1 Å². The van der Waals surface area contributed by atoms with Crippen molar-refractivity contribution >= 4 is 22.9 Å². The van der Waals surface area contributed by atoms with Crippen molar-refractivity contribution in [2.24, 2.45) is 0 Å². The van der Waals surface area contributed by atoms with Gasteiger partial charge in [0.15, 0.2) is 6.61 Å². The number of amides is 1. The number of carbonyl (C=O) groups excluding carboxylic acids is 1. The normalized spacial score (nSPS) is 10.3. The molecule has 0 radical (unpaired) electrons. The molecule has 3 aromatic rings. The number of thiazole rings is 1. The topological polar surface area (TPSA) is 51.2 Å². The molecule has 0 unspecified atom stereocenters. The Morgan fingerprint density at radius 3 is 2.61 bits per heavy atom. The van der Waals surface area contributed by atoms with Gasteiger partial charge in [0.2, 0.25) is 0 Å². The van der Waals surface area contributed by atoms with Gasteiger partial charge >= 0.3 is 0 Å². The number of hydrogen-bond acceptors (Lipinski definition) is 4. The van der Waals surface area contributed by atoms with E-state index in [1.54, 1.807) is 29.6 Å². The van der Waals surface area contributed by atoms with Crippen molar-refractivity contribution in [3.8, 4) is 16.5 Å². The first-order valence-electron chi connectivity index (χ1n) is 6.90. The van der Waals surface area contributed by atoms with Crippen LogP contribution in [0.25, 0.3) is 11.3 Å². The third-order valence-electron chi connectivity index (χ3n) is 3.01. The van der Waals surface area contributed by atoms with Crippen molar-refractivity contribution in [2.75, 3.05) is 11.9 Å². The molecule has 0 spiro atoms. The molecule has 23 heavy (non-hydrogen) atoms. The molecule has 0 bridgehead atoms. The van der Waals surface area contributed by atoms with Gasteiger partial charge in [-0.1, -0.05) is 29.5 Å². The lowest BCUT2D eigenvalue weighted by molar-refractivity contribution is -0.118. The van der Waals surface area contributed by atoms with E-state index in [0.29, 0.717) is 16.6 Å². The Balaban J connectivity index is 1.57. The van der Waals surface area contributed by atoms with Gasteiger partial charge in [0.1, 0.15) is 5.82 Å². The summed E-state index contributed by atoms with van der Waals surface area (Å²) >= 11 is 1.29. The quantitative estimate of drug-likeness (QED) is 0.771. The number of benzene rings is 2. The Labute approximate surface area is 136 Å². The van der Waals surface area contributed by atoms with E-state index in [9.17, 15) is 9.18 Å². The number of nitrogens with zero attached hydrogens (tertiary/aromatic N) is 1. The Hall–Kier alpha value is -2.73. The van der Waals surface area contributed by atoms with Gasteiger partial charge in [-0.15, -0.1) is 0 Å². The number of halogens is 1. The summed E-state index contributed by atoms with van der Waals surface area (Å²) in [5.74, 6) is -0.548. The standard InChI is InChI=1S/C17H13FN2O2S/c18-13-8-6-12(7-9-13)15-11-23-17(20-15)22-10-16(21)19-14-4-2-1-3-5-14/h1-9,11H,10H2,(H,19,21). The maximum absolute atomic E-state index is 12.9. The predicted molar refractivity (Wildman–Crippen MR) is 88.1 cm³/mol. The summed E-state index contributed by atoms with van der Waals surface area (Å²) in [5, 5.41) is 4.93. The third-order valence-corrected chi connectivity index (χ3v) is 3.76. The Morgan fingerprint density at radius 1 is 1.13 bits per heavy atom. The average Bonchev–Trinajstić information content (AvgIpc) is 3.04. The molecular formula is C17H13FN2O2S. The number of ether oxygens (including phenoxy) is 1. The molecule has 0 aliphatic heterocycles. The molecule has 0 saturated carbocycles. The number of hydrogen-bond donors (Lipinski definition) is 1. The average molecular weight is 328 g/mol. The van der Waals surface area contributed by atoms with Crippen molar-refractivity contribution in [2.45, 2.75) is 0 Å². The fourth-order valence-electron chi connectivity index (χ4n) is 1.92. The molecule has 6 heteroatoms. The second-order valence-electron chi connectivity index (χ2n) is 4.71. The molecule has 4 nitrogen and oxygen atoms in total. The lowest BCUT2D eigenvalue weighted by Crippen LogP contribution is -2.19. The van der Waals surface area contributed by atoms with Crippen molar-refractivity contribution in [3.63, 3.8) is 0 Å². The highest BCUT2D eigenvalue weighted by atomic mass is 32.1. The maximum Gasteiger partial charge on any atom is 0.274 e. The molecule has 116 valence electrons. The lowest BCUT2D eigenvalue weighted by Gasteiger charge is -2.04. The summed E-state index contributed by atoms with van der Waals surface area (Å²) in [5.41, 5.74) is 2.20. The molecule has 3 rings (SSSR count). The second-order valence-corrected chi connectivity index (χ2v) is 5.53. The number of nitrogens with one attached hydrogen (secondary N) is 1. The van der Waals surface area contributed by atoms with Gasteiger partial charge in [-0.05, 0) is 36.4 Å². The lowest BCUT2D eigenvalue weighted by atomic mass is 10.2. The molecule has 0 aliphatic rings. The summed E-state index contributed by atoms with van der Waals surface area (Å²) in [4.78, 5) is 16.1. The van der Waals surface area contributed by atoms with E-state index in [0.717, 1.165) is 5.56 Å². The van der Waals surface area contributed by atoms with Crippen LogP contribution < -0.4 is 10.1 Å². The van der Waals surface area contributed by atoms with Crippen LogP contribution in [0.2, 0.25) is 0 Å². The Morgan fingerprint density at radius 2 is 1.87 bits per heavy atom. The second kappa shape index (κ2) is 7.02. The van der Waals surface area contributed by atoms with Crippen LogP contribution in [0, 0.1) is 5.82 Å². The first-order valence-corrected chi connectivity index (χ1v) is 7.78. The zero-order valence-corrected chi connectivity index (χ0v) is 12.8. The number of carbonyl (C=O) groups is 1. The highest BCUT2D eigenvalue weighted by Crippen LogP contribution is 2.26. The van der Waals surface area contributed by atoms with Gasteiger partial charge in [-0.2, -0.15) is 0 Å². The molecule has 0 saturated heterocycles. The maximum atomic E-state index is 12.9. The van der Waals surface area contributed by atoms with Crippen molar-refractivity contribution in [3.05, 3.63) is 65.8 Å². The summed E-state index contributed by atoms with van der Waals surface area (Å²) in [6.07, 6.45) is 0. The molecule has 1 N–H and O–H groups in total. The van der Waals surface area contributed by atoms with E-state index in [4.69, 9.17) is 4.74 Å². The largest absolute Gasteiger partial charge is 0.460 e. The van der Waals surface area contributed by atoms with Crippen LogP contribution in [-0.2, 0) is 4.79 Å². The minimum atomic E-state index is -0.293. The fourth-order valence-corrected chi connectivity index (χ4v) is 2.60. The molecule has 1 heterocycles. The van der Waals surface area contributed by atoms with Crippen molar-refractivity contribution < 1.29 is 13.9 Å². The Bertz CT molecular complexity index is 788. The van der Waals surface area contributed by atoms with Crippen LogP contribution in [0.3, 0.4) is 0 Å². The van der Waals surface area contributed by atoms with E-state index >= 15 is 0 Å². The van der Waals surface area contributed by atoms with Crippen molar-refractivity contribution in [1.29, 1.82) is 0 Å². The number of para-hydroxylation sites is 1. The van der Waals surface area contributed by atoms with E-state index < -0.39 is 0 Å². The molecule has 1 aromatic heterocycles. The monoisotopic (exact) mass is 328 g/mol. The van der Waals surface area contributed by atoms with Crippen LogP contribution in [0.4, 0.5) is 10.1 Å². The minimum Gasteiger partial charge on any atom is -0.460 e. The zero-order chi connectivity index (χ0) is 16.1. The van der Waals surface area contributed by atoms with E-state index in [-0.39, 0.29) is 18.3 Å². The van der Waals surface area contributed by atoms with Crippen LogP contribution >= 0.6 is 11.3 Å². The summed E-state index contributed by atoms with van der Waals surface area (Å²) in [6.45, 7) is -0.120. The van der Waals surface area contributed by atoms with Crippen LogP contribution in [0.5, 0.6) is 5.19 Å². The van der Waals surface area contributed by atoms with Gasteiger partial charge in [0.05, 0.1) is 5.69 Å². The smallest absolute Gasteiger partial charge is 0.274 e. The summed E-state index contributed by atoms with van der Waals surface area (Å²) in [7, 11) is 0. The number of anilines is 1. The molecular weight excluding hydrogens is 315 g/mol. The number of aromatic nitrogens is 1. The third kappa shape index (κ3) is 4.14. The van der Waals surface area contributed by atoms with E-state index in [1.807, 2.05) is 18.2 Å². The molecule has 0 atom stereocenters. The summed E-state index contributed by atoms with van der Waals surface area (Å²) < 4.78 is 18.3. The molecule has 2 aromatic carbocycles. The van der Waals surface area contributed by atoms with Crippen LogP contribution in [0.1, 0.15) is 0 Å². The highest BCUT2D eigenvalue weighted by molar-refractivity contribution is 7.11. The van der Waals surface area contributed by atoms with Gasteiger partial charge in [-0.3, -0.25) is 4.79 Å². The fraction of sp³-hybridized carbons (Fsp3) is 0.0588. The SMILES string of the molecule is O=C(COc1nc(-c2ccc(F)cc2)cs1)Nc1ccccc1. The predicted octanol–water partition coefficient (Wildman–Crippen LogP) is 3.97. The Kier molecular flexibility index (Phi) is 4.63. The van der Waals surface area contributed by atoms with E-state index in [2.05, 4.69) is 10.3 Å².